The first kappa shape index (κ1) is 73.8. The van der Waals surface area contributed by atoms with E-state index in [1.54, 1.807) is 80.1 Å². The Morgan fingerprint density at radius 2 is 1.40 bits per heavy atom. The number of nitrogens with zero attached hydrogens (tertiary/aromatic N) is 12. The Hall–Kier alpha value is -11.1. The molecule has 11 aromatic rings. The number of aromatic nitrogens is 9. The molecular formula is C82H85F4N13O9. The molecule has 3 N–H and O–H groups in total. The maximum Gasteiger partial charge on any atom is 0.417 e. The zero-order chi connectivity index (χ0) is 76.1. The number of halogens is 4. The number of ether oxygens (including phenoxy) is 4. The van der Waals surface area contributed by atoms with Crippen molar-refractivity contribution in [2.75, 3.05) is 44.9 Å². The molecule has 0 saturated carbocycles. The number of aryl methyl sites for hydroxylation is 1. The molecule has 3 amide bonds. The van der Waals surface area contributed by atoms with Crippen molar-refractivity contribution in [1.29, 1.82) is 0 Å². The lowest BCUT2D eigenvalue weighted by atomic mass is 9.77. The summed E-state index contributed by atoms with van der Waals surface area (Å²) in [6.07, 6.45) is -1.76. The van der Waals surface area contributed by atoms with Crippen molar-refractivity contribution in [3.05, 3.63) is 221 Å². The van der Waals surface area contributed by atoms with Crippen LogP contribution in [-0.2, 0) is 43.9 Å². The summed E-state index contributed by atoms with van der Waals surface area (Å²) in [6.45, 7) is 14.2. The maximum absolute atomic E-state index is 17.5. The van der Waals surface area contributed by atoms with Gasteiger partial charge in [-0.05, 0) is 105 Å². The van der Waals surface area contributed by atoms with Crippen molar-refractivity contribution in [3.8, 4) is 45.4 Å². The highest BCUT2D eigenvalue weighted by Gasteiger charge is 2.50. The van der Waals surface area contributed by atoms with Crippen LogP contribution in [0.2, 0.25) is 0 Å². The number of fused-ring (bicyclic) bond motifs is 4. The molecule has 2 bridgehead atoms. The van der Waals surface area contributed by atoms with Gasteiger partial charge >= 0.3 is 18.3 Å². The number of alkyl halides is 3. The van der Waals surface area contributed by atoms with Crippen molar-refractivity contribution < 1.29 is 61.1 Å². The lowest BCUT2D eigenvalue weighted by Gasteiger charge is -2.36. The zero-order valence-corrected chi connectivity index (χ0v) is 61.4. The van der Waals surface area contributed by atoms with Gasteiger partial charge in [-0.1, -0.05) is 159 Å². The number of likely N-dealkylation sites (tertiary alicyclic amines) is 2. The second kappa shape index (κ2) is 29.9. The van der Waals surface area contributed by atoms with Crippen LogP contribution < -0.4 is 19.7 Å². The maximum atomic E-state index is 17.5. The molecule has 14 rings (SSSR count). The second-order valence-electron chi connectivity index (χ2n) is 29.3. The quantitative estimate of drug-likeness (QED) is 0.0398. The Labute approximate surface area is 621 Å². The van der Waals surface area contributed by atoms with Crippen LogP contribution in [0.15, 0.2) is 176 Å². The van der Waals surface area contributed by atoms with E-state index in [0.29, 0.717) is 35.3 Å². The molecule has 560 valence electrons. The van der Waals surface area contributed by atoms with Gasteiger partial charge in [0.2, 0.25) is 11.8 Å². The predicted molar refractivity (Wildman–Crippen MR) is 398 cm³/mol. The van der Waals surface area contributed by atoms with Crippen LogP contribution >= 0.6 is 0 Å². The molecule has 0 aliphatic carbocycles. The molecule has 7 heterocycles. The highest BCUT2D eigenvalue weighted by molar-refractivity contribution is 6.06. The van der Waals surface area contributed by atoms with Crippen LogP contribution in [0.25, 0.3) is 55.4 Å². The largest absolute Gasteiger partial charge is 0.486 e. The predicted octanol–water partition coefficient (Wildman–Crippen LogP) is 13.3. The number of carbonyl (C=O) groups is 3. The Bertz CT molecular complexity index is 5000. The summed E-state index contributed by atoms with van der Waals surface area (Å²) in [6, 6.07) is 43.3. The number of benzene rings is 7. The number of piperazine rings is 1. The van der Waals surface area contributed by atoms with E-state index in [1.165, 1.54) is 29.7 Å². The third-order valence-corrected chi connectivity index (χ3v) is 20.7. The highest BCUT2D eigenvalue weighted by Crippen LogP contribution is 2.53. The van der Waals surface area contributed by atoms with Gasteiger partial charge in [0, 0.05) is 85.6 Å². The summed E-state index contributed by atoms with van der Waals surface area (Å²) in [5.41, 5.74) is 1.99. The number of carbonyl (C=O) groups excluding carboxylic acids is 3. The first-order valence-electron chi connectivity index (χ1n) is 36.2. The molecule has 3 aliphatic heterocycles. The number of aliphatic hydroxyl groups is 2. The fourth-order valence-corrected chi connectivity index (χ4v) is 15.4. The Morgan fingerprint density at radius 3 is 1.99 bits per heavy atom. The van der Waals surface area contributed by atoms with Crippen molar-refractivity contribution in [2.24, 2.45) is 5.92 Å². The molecule has 108 heavy (non-hydrogen) atoms. The minimum atomic E-state index is -5.16. The summed E-state index contributed by atoms with van der Waals surface area (Å²) in [5, 5.41) is 43.1. The van der Waals surface area contributed by atoms with Crippen LogP contribution in [0.3, 0.4) is 0 Å². The van der Waals surface area contributed by atoms with Crippen molar-refractivity contribution >= 4 is 45.5 Å². The summed E-state index contributed by atoms with van der Waals surface area (Å²) < 4.78 is 98.1. The van der Waals surface area contributed by atoms with E-state index in [0.717, 1.165) is 34.0 Å². The van der Waals surface area contributed by atoms with Crippen LogP contribution in [0.1, 0.15) is 112 Å². The number of nitrogens with one attached hydrogen (secondary N) is 1. The third kappa shape index (κ3) is 14.2. The summed E-state index contributed by atoms with van der Waals surface area (Å²) in [4.78, 5) is 57.4. The number of hydrogen-bond acceptors (Lipinski definition) is 16. The normalized spacial score (nSPS) is 17.6. The van der Waals surface area contributed by atoms with E-state index in [2.05, 4.69) is 20.7 Å². The number of hydrogen-bond donors (Lipinski definition) is 3. The Kier molecular flexibility index (Phi) is 20.4. The molecule has 0 radical (unpaired) electrons. The van der Waals surface area contributed by atoms with Gasteiger partial charge in [0.25, 0.3) is 0 Å². The van der Waals surface area contributed by atoms with E-state index in [4.69, 9.17) is 34.0 Å². The van der Waals surface area contributed by atoms with E-state index in [-0.39, 0.29) is 89.8 Å². The highest BCUT2D eigenvalue weighted by atomic mass is 19.4. The second-order valence-corrected chi connectivity index (χ2v) is 29.3. The average Bonchev–Trinajstić information content (AvgIpc) is 1.44. The number of anilines is 1. The third-order valence-electron chi connectivity index (χ3n) is 20.7. The van der Waals surface area contributed by atoms with E-state index in [1.807, 2.05) is 152 Å². The molecule has 3 fully saturated rings. The van der Waals surface area contributed by atoms with Gasteiger partial charge < -0.3 is 49.2 Å². The van der Waals surface area contributed by atoms with E-state index < -0.39 is 107 Å². The molecule has 0 unspecified atom stereocenters. The molecule has 3 saturated heterocycles. The fourth-order valence-electron chi connectivity index (χ4n) is 15.4. The SMILES string of the molecule is CCn1nccc1-c1ccc([C@H](CO)NC(=O)[C@@H]2C[C@@H](O)CN2C(=O)[C@H](C(C)C)n2cc(-c3ccc(COc4c(-c5c(C)c(F)cc6nn(C(c7ccccc7)(c7ccccc7)c7ccccc7)cc56)c(C(F)(F)F)cc5c(N6C[C@@H]7C[C@H]6CN7C(=O)OC(C)(C)C)nc(OC[C@H](C)OC)nc45)cc3)nn2)cc1. The molecule has 7 atom stereocenters. The van der Waals surface area contributed by atoms with Crippen LogP contribution in [0, 0.1) is 18.7 Å². The van der Waals surface area contributed by atoms with E-state index >= 15 is 17.6 Å². The number of aliphatic hydroxyl groups excluding tert-OH is 2. The zero-order valence-electron chi connectivity index (χ0n) is 61.4. The smallest absolute Gasteiger partial charge is 0.417 e. The van der Waals surface area contributed by atoms with Gasteiger partial charge in [-0.2, -0.15) is 33.3 Å². The number of rotatable bonds is 23. The molecule has 22 nitrogen and oxygen atoms in total. The first-order chi connectivity index (χ1) is 51.8. The number of β-amino-alcohol motifs (C(OH)–C–C–N with tert-alkyl or cyclic N) is 1. The van der Waals surface area contributed by atoms with Gasteiger partial charge in [-0.15, -0.1) is 5.10 Å². The molecule has 3 aliphatic rings. The lowest BCUT2D eigenvalue weighted by Crippen LogP contribution is -2.50. The van der Waals surface area contributed by atoms with Crippen LogP contribution in [0.4, 0.5) is 28.2 Å². The molecule has 4 aromatic heterocycles. The number of amides is 3. The topological polar surface area (TPSA) is 242 Å². The summed E-state index contributed by atoms with van der Waals surface area (Å²) >= 11 is 0. The molecule has 26 heteroatoms. The Morgan fingerprint density at radius 1 is 0.741 bits per heavy atom. The summed E-state index contributed by atoms with van der Waals surface area (Å²) in [5.74, 6) is -2.54. The number of methoxy groups -OCH3 is 1. The first-order valence-corrected chi connectivity index (χ1v) is 36.2. The van der Waals surface area contributed by atoms with Crippen molar-refractivity contribution in [2.45, 2.75) is 141 Å². The average molecular weight is 1470 g/mol. The van der Waals surface area contributed by atoms with Gasteiger partial charge in [0.15, 0.2) is 5.75 Å². The summed E-state index contributed by atoms with van der Waals surface area (Å²) in [7, 11) is 1.51. The monoisotopic (exact) mass is 1470 g/mol. The standard InChI is InChI=1S/C82H85F4N13O9/c1-10-97-68(34-35-87-97)54-32-30-53(31-33-54)67(45-100)88-76(102)69-37-60(101)42-96(69)77(103)73(48(2)3)98-44-66(91-93-98)52-28-26-51(27-29-52)47-106-74-71(70-50(5)64(83)39-65-62(70)43-99(92-65)81(55-20-14-11-15-21-55,56-22-16-12-17-23-56)57-24-18-13-19-25-57)63(82(84,85)86)38-61-72(74)89-78(107-46-49(4)105-9)90-75(61)94-40-59-36-58(94)41-95(59)79(104)108-80(6,7)8/h11-35,38-39,43-44,48-49,58-60,67,69,73,100-101H,10,36-37,40-42,45-47H2,1-9H3,(H,88,102)/t49-,58-,59-,60+,67-,69-,73-/m0/s1. The van der Waals surface area contributed by atoms with Crippen molar-refractivity contribution in [3.63, 3.8) is 0 Å². The molecule has 0 spiro atoms. The van der Waals surface area contributed by atoms with Crippen LogP contribution in [0.5, 0.6) is 11.8 Å². The van der Waals surface area contributed by atoms with Gasteiger partial charge in [0.05, 0.1) is 59.9 Å². The lowest BCUT2D eigenvalue weighted by molar-refractivity contribution is -0.142. The minimum Gasteiger partial charge on any atom is -0.486 e. The minimum absolute atomic E-state index is 0.0416. The molecular weight excluding hydrogens is 1390 g/mol. The van der Waals surface area contributed by atoms with Gasteiger partial charge in [0.1, 0.15) is 59.3 Å². The van der Waals surface area contributed by atoms with Gasteiger partial charge in [-0.25, -0.2) is 13.9 Å². The Balaban J connectivity index is 0.842. The van der Waals surface area contributed by atoms with E-state index in [9.17, 15) is 24.6 Å². The molecule has 7 aromatic carbocycles. The fraction of sp³-hybridized carbons (Fsp3) is 0.354. The van der Waals surface area contributed by atoms with Crippen molar-refractivity contribution in [1.82, 2.24) is 59.6 Å². The van der Waals surface area contributed by atoms with Gasteiger partial charge in [-0.3, -0.25) is 19.0 Å². The van der Waals surface area contributed by atoms with Crippen LogP contribution in [-0.4, -0.2) is 158 Å².